The lowest BCUT2D eigenvalue weighted by Crippen LogP contribution is -2.59. The maximum atomic E-state index is 9.69. The number of nitrogens with zero attached hydrogens (tertiary/aromatic N) is 7. The number of rotatable bonds is 7. The Kier molecular flexibility index (Phi) is 8.48. The van der Waals surface area contributed by atoms with Gasteiger partial charge in [0, 0.05) is 66.5 Å². The first kappa shape index (κ1) is 29.7. The van der Waals surface area contributed by atoms with E-state index in [-0.39, 0.29) is 11.6 Å². The van der Waals surface area contributed by atoms with Crippen LogP contribution in [0.1, 0.15) is 65.1 Å². The molecule has 2 atom stereocenters. The second kappa shape index (κ2) is 12.3. The number of aromatic nitrogens is 2. The van der Waals surface area contributed by atoms with Gasteiger partial charge in [0.25, 0.3) is 0 Å². The summed E-state index contributed by atoms with van der Waals surface area (Å²) in [4.78, 5) is 20.1. The van der Waals surface area contributed by atoms with Crippen LogP contribution in [0.3, 0.4) is 0 Å². The topological polar surface area (TPSA) is 71.8 Å². The van der Waals surface area contributed by atoms with E-state index in [1.54, 1.807) is 0 Å². The predicted octanol–water partition coefficient (Wildman–Crippen LogP) is 5.65. The molecular weight excluding hydrogens is 534 g/mol. The largest absolute Gasteiger partial charge is 0.462 e. The van der Waals surface area contributed by atoms with Crippen LogP contribution in [0.4, 0.5) is 11.5 Å². The molecule has 3 aliphatic heterocycles. The van der Waals surface area contributed by atoms with Crippen molar-refractivity contribution in [2.75, 3.05) is 49.1 Å². The predicted molar refractivity (Wildman–Crippen MR) is 174 cm³/mol. The van der Waals surface area contributed by atoms with Gasteiger partial charge in [-0.1, -0.05) is 36.4 Å². The number of benzene rings is 2. The molecule has 0 spiro atoms. The fourth-order valence-corrected chi connectivity index (χ4v) is 7.50. The number of likely N-dealkylation sites (tertiary alicyclic amines) is 1. The molecule has 1 unspecified atom stereocenters. The number of ether oxygens (including phenoxy) is 1. The molecule has 6 rings (SSSR count). The Morgan fingerprint density at radius 1 is 0.977 bits per heavy atom. The molecule has 8 heteroatoms. The monoisotopic (exact) mass is 581 g/mol. The molecule has 0 saturated carbocycles. The van der Waals surface area contributed by atoms with Crippen LogP contribution in [0, 0.1) is 11.3 Å². The van der Waals surface area contributed by atoms with Crippen molar-refractivity contribution < 1.29 is 4.74 Å². The maximum Gasteiger partial charge on any atom is 0.318 e. The lowest BCUT2D eigenvalue weighted by atomic mass is 9.97. The van der Waals surface area contributed by atoms with Gasteiger partial charge in [0.05, 0.1) is 24.7 Å². The van der Waals surface area contributed by atoms with Gasteiger partial charge < -0.3 is 14.5 Å². The van der Waals surface area contributed by atoms with Crippen LogP contribution < -0.4 is 14.5 Å². The summed E-state index contributed by atoms with van der Waals surface area (Å²) in [6, 6.07) is 19.2. The van der Waals surface area contributed by atoms with Crippen molar-refractivity contribution in [2.45, 2.75) is 90.5 Å². The van der Waals surface area contributed by atoms with E-state index in [1.807, 2.05) is 0 Å². The zero-order valence-electron chi connectivity index (χ0n) is 26.6. The average Bonchev–Trinajstić information content (AvgIpc) is 3.48. The van der Waals surface area contributed by atoms with Gasteiger partial charge in [0.1, 0.15) is 12.4 Å². The third kappa shape index (κ3) is 6.16. The van der Waals surface area contributed by atoms with Crippen LogP contribution in [0.5, 0.6) is 6.01 Å². The Bertz CT molecular complexity index is 1470. The molecule has 2 aromatic carbocycles. The zero-order valence-corrected chi connectivity index (χ0v) is 26.6. The standard InChI is InChI=1S/C35H47N7O/c1-25(2)41-18-9-12-28(41)24-43-34-37-31-23-39(32-14-8-11-26-10-6-7-13-29(26)32)19-16-30(31)33(38-34)40-20-21-42(35(3,4)5)27(22-40)15-17-36/h6-8,10-11,13-14,25,27-28H,9,12,15-16,18-24H2,1-5H3/t27?,28-/m0/s1. The van der Waals surface area contributed by atoms with Crippen LogP contribution in [-0.2, 0) is 13.0 Å². The molecule has 0 amide bonds. The molecule has 2 fully saturated rings. The molecule has 8 nitrogen and oxygen atoms in total. The van der Waals surface area contributed by atoms with E-state index in [4.69, 9.17) is 14.7 Å². The van der Waals surface area contributed by atoms with Gasteiger partial charge in [-0.25, -0.2) is 0 Å². The molecule has 0 bridgehead atoms. The van der Waals surface area contributed by atoms with Crippen molar-refractivity contribution in [3.8, 4) is 12.1 Å². The Labute approximate surface area is 257 Å². The first-order valence-corrected chi connectivity index (χ1v) is 16.1. The van der Waals surface area contributed by atoms with E-state index in [9.17, 15) is 5.26 Å². The second-order valence-corrected chi connectivity index (χ2v) is 13.7. The van der Waals surface area contributed by atoms with Crippen molar-refractivity contribution in [3.63, 3.8) is 0 Å². The Morgan fingerprint density at radius 2 is 1.79 bits per heavy atom. The molecule has 4 heterocycles. The summed E-state index contributed by atoms with van der Waals surface area (Å²) in [5.74, 6) is 1.00. The highest BCUT2D eigenvalue weighted by Crippen LogP contribution is 2.35. The van der Waals surface area contributed by atoms with E-state index < -0.39 is 0 Å². The van der Waals surface area contributed by atoms with Gasteiger partial charge in [0.2, 0.25) is 0 Å². The zero-order chi connectivity index (χ0) is 30.1. The molecule has 3 aromatic rings. The summed E-state index contributed by atoms with van der Waals surface area (Å²) in [5.41, 5.74) is 3.54. The Hall–Kier alpha value is -3.41. The molecule has 1 aromatic heterocycles. The molecule has 2 saturated heterocycles. The highest BCUT2D eigenvalue weighted by Gasteiger charge is 2.36. The quantitative estimate of drug-likeness (QED) is 0.355. The summed E-state index contributed by atoms with van der Waals surface area (Å²) in [7, 11) is 0. The maximum absolute atomic E-state index is 9.69. The van der Waals surface area contributed by atoms with Crippen molar-refractivity contribution in [2.24, 2.45) is 0 Å². The average molecular weight is 582 g/mol. The highest BCUT2D eigenvalue weighted by molar-refractivity contribution is 5.94. The smallest absolute Gasteiger partial charge is 0.318 e. The molecule has 0 aliphatic carbocycles. The van der Waals surface area contributed by atoms with E-state index in [1.165, 1.54) is 28.4 Å². The lowest BCUT2D eigenvalue weighted by molar-refractivity contribution is 0.0724. The van der Waals surface area contributed by atoms with Crippen LogP contribution in [0.15, 0.2) is 42.5 Å². The van der Waals surface area contributed by atoms with Crippen molar-refractivity contribution in [1.29, 1.82) is 5.26 Å². The summed E-state index contributed by atoms with van der Waals surface area (Å²) in [5, 5.41) is 12.2. The number of hydrogen-bond acceptors (Lipinski definition) is 8. The van der Waals surface area contributed by atoms with Gasteiger partial charge in [-0.15, -0.1) is 0 Å². The summed E-state index contributed by atoms with van der Waals surface area (Å²) in [6.45, 7) is 17.2. The minimum absolute atomic E-state index is 0.00943. The van der Waals surface area contributed by atoms with E-state index in [0.29, 0.717) is 31.1 Å². The summed E-state index contributed by atoms with van der Waals surface area (Å²) < 4.78 is 6.46. The Balaban J connectivity index is 1.32. The first-order chi connectivity index (χ1) is 20.7. The SMILES string of the molecule is CC(C)N1CCC[C@H]1COc1nc2c(c(N3CCN(C(C)(C)C)C(CC#N)C3)n1)CCN(c1cccc3ccccc13)C2. The normalized spacial score (nSPS) is 21.8. The number of nitriles is 1. The van der Waals surface area contributed by atoms with Crippen LogP contribution in [-0.4, -0.2) is 82.8 Å². The highest BCUT2D eigenvalue weighted by atomic mass is 16.5. The number of anilines is 2. The molecular formula is C35H47N7O. The molecule has 43 heavy (non-hydrogen) atoms. The number of hydrogen-bond donors (Lipinski definition) is 0. The molecule has 0 N–H and O–H groups in total. The summed E-state index contributed by atoms with van der Waals surface area (Å²) in [6.07, 6.45) is 3.74. The third-order valence-corrected chi connectivity index (χ3v) is 9.59. The van der Waals surface area contributed by atoms with Crippen LogP contribution >= 0.6 is 0 Å². The van der Waals surface area contributed by atoms with Gasteiger partial charge in [-0.05, 0) is 71.9 Å². The molecule has 228 valence electrons. The van der Waals surface area contributed by atoms with Crippen LogP contribution in [0.25, 0.3) is 10.8 Å². The van der Waals surface area contributed by atoms with Crippen molar-refractivity contribution >= 4 is 22.3 Å². The summed E-state index contributed by atoms with van der Waals surface area (Å²) >= 11 is 0. The fourth-order valence-electron chi connectivity index (χ4n) is 7.50. The number of fused-ring (bicyclic) bond motifs is 2. The van der Waals surface area contributed by atoms with Gasteiger partial charge in [-0.3, -0.25) is 9.80 Å². The first-order valence-electron chi connectivity index (χ1n) is 16.1. The van der Waals surface area contributed by atoms with Crippen LogP contribution in [0.2, 0.25) is 0 Å². The van der Waals surface area contributed by atoms with Crippen molar-refractivity contribution in [1.82, 2.24) is 19.8 Å². The molecule has 3 aliphatic rings. The Morgan fingerprint density at radius 3 is 2.58 bits per heavy atom. The van der Waals surface area contributed by atoms with Gasteiger partial charge in [-0.2, -0.15) is 15.2 Å². The second-order valence-electron chi connectivity index (χ2n) is 13.7. The van der Waals surface area contributed by atoms with Gasteiger partial charge in [0.15, 0.2) is 0 Å². The van der Waals surface area contributed by atoms with E-state index in [2.05, 4.69) is 103 Å². The number of piperazine rings is 1. The third-order valence-electron chi connectivity index (χ3n) is 9.59. The fraction of sp³-hybridized carbons (Fsp3) is 0.571. The van der Waals surface area contributed by atoms with E-state index in [0.717, 1.165) is 63.6 Å². The minimum Gasteiger partial charge on any atom is -0.462 e. The van der Waals surface area contributed by atoms with Gasteiger partial charge >= 0.3 is 6.01 Å². The lowest BCUT2D eigenvalue weighted by Gasteiger charge is -2.48. The van der Waals surface area contributed by atoms with E-state index >= 15 is 0 Å². The minimum atomic E-state index is 0.00943. The molecule has 0 radical (unpaired) electrons. The van der Waals surface area contributed by atoms with Crippen molar-refractivity contribution in [3.05, 3.63) is 53.7 Å².